The highest BCUT2D eigenvalue weighted by Crippen LogP contribution is 2.41. The molecule has 0 unspecified atom stereocenters. The van der Waals surface area contributed by atoms with Crippen LogP contribution in [-0.4, -0.2) is 49.7 Å². The van der Waals surface area contributed by atoms with Crippen LogP contribution in [0.1, 0.15) is 25.3 Å². The Labute approximate surface area is 227 Å². The molecule has 1 aliphatic heterocycles. The molecule has 0 aliphatic carbocycles. The van der Waals surface area contributed by atoms with Crippen molar-refractivity contribution in [2.24, 2.45) is 5.41 Å². The molecule has 0 radical (unpaired) electrons. The Bertz CT molecular complexity index is 1510. The van der Waals surface area contributed by atoms with E-state index in [9.17, 15) is 31.5 Å². The van der Waals surface area contributed by atoms with E-state index in [4.69, 9.17) is 16.3 Å². The quantitative estimate of drug-likeness (QED) is 0.383. The number of rotatable bonds is 7. The Balaban J connectivity index is 1.65. The van der Waals surface area contributed by atoms with Gasteiger partial charge in [0.2, 0.25) is 0 Å². The van der Waals surface area contributed by atoms with Crippen molar-refractivity contribution in [3.05, 3.63) is 59.4 Å². The van der Waals surface area contributed by atoms with Crippen molar-refractivity contribution in [3.63, 3.8) is 0 Å². The average Bonchev–Trinajstić information content (AvgIpc) is 2.88. The van der Waals surface area contributed by atoms with E-state index in [0.29, 0.717) is 37.9 Å². The van der Waals surface area contributed by atoms with Crippen molar-refractivity contribution in [3.8, 4) is 16.9 Å². The van der Waals surface area contributed by atoms with Gasteiger partial charge in [-0.15, -0.1) is 0 Å². The molecule has 1 aromatic carbocycles. The smallest absolute Gasteiger partial charge is 0.418 e. The number of pyridine rings is 2. The van der Waals surface area contributed by atoms with Crippen LogP contribution in [0.5, 0.6) is 5.75 Å². The third kappa shape index (κ3) is 6.04. The van der Waals surface area contributed by atoms with Crippen molar-refractivity contribution >= 4 is 39.2 Å². The Morgan fingerprint density at radius 1 is 1.13 bits per heavy atom. The van der Waals surface area contributed by atoms with Gasteiger partial charge in [-0.1, -0.05) is 11.6 Å². The second-order valence-electron chi connectivity index (χ2n) is 9.27. The molecule has 14 heteroatoms. The molecule has 0 saturated carbocycles. The summed E-state index contributed by atoms with van der Waals surface area (Å²) in [5.41, 5.74) is -2.38. The first-order chi connectivity index (χ1) is 18.2. The molecule has 2 N–H and O–H groups in total. The summed E-state index contributed by atoms with van der Waals surface area (Å²) in [6, 6.07) is 7.68. The molecule has 9 nitrogen and oxygen atoms in total. The summed E-state index contributed by atoms with van der Waals surface area (Å²) in [6.07, 6.45) is -2.27. The number of piperidine rings is 1. The van der Waals surface area contributed by atoms with Gasteiger partial charge in [0, 0.05) is 47.7 Å². The second kappa shape index (κ2) is 10.5. The van der Waals surface area contributed by atoms with E-state index in [1.165, 1.54) is 43.6 Å². The lowest BCUT2D eigenvalue weighted by molar-refractivity contribution is -0.149. The number of alkyl halides is 3. The number of carboxylic acids is 1. The van der Waals surface area contributed by atoms with Crippen LogP contribution in [0.4, 0.5) is 24.8 Å². The zero-order valence-corrected chi connectivity index (χ0v) is 22.4. The number of nitrogens with zero attached hydrogens (tertiary/aromatic N) is 3. The monoisotopic (exact) mass is 584 g/mol. The van der Waals surface area contributed by atoms with Gasteiger partial charge in [0.15, 0.2) is 0 Å². The van der Waals surface area contributed by atoms with Gasteiger partial charge < -0.3 is 14.7 Å². The highest BCUT2D eigenvalue weighted by Gasteiger charge is 2.38. The fourth-order valence-electron chi connectivity index (χ4n) is 4.18. The van der Waals surface area contributed by atoms with Crippen molar-refractivity contribution in [2.45, 2.75) is 30.8 Å². The number of halogens is 4. The maximum atomic E-state index is 13.8. The lowest BCUT2D eigenvalue weighted by atomic mass is 9.80. The highest BCUT2D eigenvalue weighted by molar-refractivity contribution is 7.92. The van der Waals surface area contributed by atoms with E-state index in [-0.39, 0.29) is 32.6 Å². The Morgan fingerprint density at radius 2 is 1.82 bits per heavy atom. The van der Waals surface area contributed by atoms with Crippen molar-refractivity contribution in [1.29, 1.82) is 0 Å². The van der Waals surface area contributed by atoms with Gasteiger partial charge in [0.25, 0.3) is 10.0 Å². The Hall–Kier alpha value is -3.58. The maximum Gasteiger partial charge on any atom is 0.418 e. The number of anilines is 2. The van der Waals surface area contributed by atoms with Gasteiger partial charge in [-0.25, -0.2) is 18.4 Å². The van der Waals surface area contributed by atoms with E-state index in [1.807, 2.05) is 0 Å². The number of methoxy groups -OCH3 is 1. The summed E-state index contributed by atoms with van der Waals surface area (Å²) in [7, 11) is -2.94. The minimum Gasteiger partial charge on any atom is -0.497 e. The summed E-state index contributed by atoms with van der Waals surface area (Å²) < 4.78 is 75.1. The summed E-state index contributed by atoms with van der Waals surface area (Å²) in [4.78, 5) is 21.0. The first-order valence-corrected chi connectivity index (χ1v) is 13.5. The number of carbonyl (C=O) groups is 1. The van der Waals surface area contributed by atoms with Gasteiger partial charge in [-0.3, -0.25) is 9.52 Å². The van der Waals surface area contributed by atoms with Crippen LogP contribution in [0.25, 0.3) is 11.1 Å². The zero-order chi connectivity index (χ0) is 28.6. The summed E-state index contributed by atoms with van der Waals surface area (Å²) in [5, 5.41) is 9.44. The molecule has 1 fully saturated rings. The summed E-state index contributed by atoms with van der Waals surface area (Å²) in [6.45, 7) is 2.38. The third-order valence-corrected chi connectivity index (χ3v) is 8.33. The van der Waals surface area contributed by atoms with E-state index in [2.05, 4.69) is 14.7 Å². The molecule has 0 spiro atoms. The number of carboxylic acid groups (broad SMARTS) is 1. The van der Waals surface area contributed by atoms with Gasteiger partial charge in [-0.2, -0.15) is 13.2 Å². The zero-order valence-electron chi connectivity index (χ0n) is 20.8. The Kier molecular flexibility index (Phi) is 7.68. The van der Waals surface area contributed by atoms with Crippen LogP contribution in [0.15, 0.2) is 53.7 Å². The number of nitrogens with one attached hydrogen (secondary N) is 1. The molecule has 3 aromatic rings. The van der Waals surface area contributed by atoms with E-state index < -0.39 is 33.1 Å². The van der Waals surface area contributed by atoms with E-state index in [0.717, 1.165) is 6.07 Å². The fourth-order valence-corrected chi connectivity index (χ4v) is 5.40. The van der Waals surface area contributed by atoms with Crippen LogP contribution in [-0.2, 0) is 21.0 Å². The molecule has 3 heterocycles. The predicted octanol–water partition coefficient (Wildman–Crippen LogP) is 5.32. The lowest BCUT2D eigenvalue weighted by Crippen LogP contribution is -2.43. The molecule has 0 bridgehead atoms. The third-order valence-electron chi connectivity index (χ3n) is 6.65. The van der Waals surface area contributed by atoms with Gasteiger partial charge in [-0.05, 0) is 50.1 Å². The Morgan fingerprint density at radius 3 is 2.44 bits per heavy atom. The molecule has 2 aromatic heterocycles. The van der Waals surface area contributed by atoms with Crippen LogP contribution in [0.3, 0.4) is 0 Å². The number of hydrogen-bond acceptors (Lipinski definition) is 7. The minimum atomic E-state index is -4.79. The molecule has 0 atom stereocenters. The van der Waals surface area contributed by atoms with Crippen LogP contribution >= 0.6 is 11.6 Å². The molecule has 4 rings (SSSR count). The van der Waals surface area contributed by atoms with Crippen LogP contribution in [0.2, 0.25) is 5.02 Å². The lowest BCUT2D eigenvalue weighted by Gasteiger charge is -2.37. The van der Waals surface area contributed by atoms with Crippen molar-refractivity contribution in [1.82, 2.24) is 9.97 Å². The minimum absolute atomic E-state index is 0.000565. The van der Waals surface area contributed by atoms with E-state index >= 15 is 0 Å². The normalized spacial score (nSPS) is 15.6. The van der Waals surface area contributed by atoms with E-state index in [1.54, 1.807) is 11.8 Å². The molecule has 208 valence electrons. The SMILES string of the molecule is COc1ccc(Cl)c(-c2cc(NS(=O)(=O)c3ccnc(N4CCC(C)(C(=O)O)CC4)c3)ncc2C(F)(F)F)c1. The number of aromatic nitrogens is 2. The van der Waals surface area contributed by atoms with Crippen LogP contribution < -0.4 is 14.4 Å². The molecular weight excluding hydrogens is 561 g/mol. The first kappa shape index (κ1) is 28.4. The summed E-state index contributed by atoms with van der Waals surface area (Å²) >= 11 is 6.19. The second-order valence-corrected chi connectivity index (χ2v) is 11.4. The molecule has 0 amide bonds. The number of benzene rings is 1. The van der Waals surface area contributed by atoms with Crippen molar-refractivity contribution < 1.29 is 36.2 Å². The molecule has 1 aliphatic rings. The first-order valence-electron chi connectivity index (χ1n) is 11.6. The van der Waals surface area contributed by atoms with Crippen LogP contribution in [0, 0.1) is 5.41 Å². The standard InChI is InChI=1S/C25H24ClF3N4O5S/c1-24(23(34)35)6-9-33(10-7-24)22-12-16(5-8-30-22)39(36,37)32-21-13-17(19(14-31-21)25(27,28)29)18-11-15(38-2)3-4-20(18)26/h3-5,8,11-14H,6-7,9-10H2,1-2H3,(H,31,32)(H,34,35). The number of hydrogen-bond donors (Lipinski definition) is 2. The topological polar surface area (TPSA) is 122 Å². The number of aliphatic carboxylic acids is 1. The van der Waals surface area contributed by atoms with Gasteiger partial charge >= 0.3 is 12.1 Å². The molecule has 39 heavy (non-hydrogen) atoms. The van der Waals surface area contributed by atoms with Gasteiger partial charge in [0.05, 0.1) is 23.0 Å². The number of ether oxygens (including phenoxy) is 1. The average molecular weight is 585 g/mol. The predicted molar refractivity (Wildman–Crippen MR) is 138 cm³/mol. The number of sulfonamides is 1. The largest absolute Gasteiger partial charge is 0.497 e. The molecular formula is C25H24ClF3N4O5S. The van der Waals surface area contributed by atoms with Crippen molar-refractivity contribution in [2.75, 3.05) is 29.8 Å². The molecule has 1 saturated heterocycles. The fraction of sp³-hybridized carbons (Fsp3) is 0.320. The highest BCUT2D eigenvalue weighted by atomic mass is 35.5. The van der Waals surface area contributed by atoms with Gasteiger partial charge in [0.1, 0.15) is 17.4 Å². The summed E-state index contributed by atoms with van der Waals surface area (Å²) in [5.74, 6) is -0.665. The maximum absolute atomic E-state index is 13.8.